The molecule has 1 aromatic rings. The number of amides is 1. The second-order valence-electron chi connectivity index (χ2n) is 8.61. The van der Waals surface area contributed by atoms with Gasteiger partial charge in [-0.1, -0.05) is 11.6 Å². The number of benzene rings is 1. The van der Waals surface area contributed by atoms with Crippen molar-refractivity contribution in [1.29, 1.82) is 0 Å². The molecule has 1 amide bonds. The van der Waals surface area contributed by atoms with Crippen molar-refractivity contribution in [3.05, 3.63) is 28.8 Å². The molecule has 0 spiro atoms. The molecular weight excluding hydrogens is 372 g/mol. The number of hydrogen-bond donors (Lipinski definition) is 2. The van der Waals surface area contributed by atoms with E-state index in [2.05, 4.69) is 5.32 Å². The molecule has 26 heavy (non-hydrogen) atoms. The van der Waals surface area contributed by atoms with Crippen molar-refractivity contribution in [2.24, 2.45) is 28.3 Å². The highest BCUT2D eigenvalue weighted by molar-refractivity contribution is 7.89. The zero-order chi connectivity index (χ0) is 18.5. The Kier molecular flexibility index (Phi) is 4.56. The van der Waals surface area contributed by atoms with Gasteiger partial charge in [0.15, 0.2) is 0 Å². The summed E-state index contributed by atoms with van der Waals surface area (Å²) in [6.07, 6.45) is 9.11. The topological polar surface area (TPSA) is 89.3 Å². The minimum atomic E-state index is -3.87. The summed E-state index contributed by atoms with van der Waals surface area (Å²) in [5.74, 6) is 2.32. The lowest BCUT2D eigenvalue weighted by Gasteiger charge is -2.57. The van der Waals surface area contributed by atoms with Gasteiger partial charge in [0.2, 0.25) is 10.0 Å². The van der Waals surface area contributed by atoms with Crippen LogP contribution in [0.3, 0.4) is 0 Å². The Morgan fingerprint density at radius 3 is 2.27 bits per heavy atom. The monoisotopic (exact) mass is 396 g/mol. The molecule has 3 N–H and O–H groups in total. The zero-order valence-corrected chi connectivity index (χ0v) is 16.3. The molecule has 0 unspecified atom stereocenters. The van der Waals surface area contributed by atoms with Crippen LogP contribution < -0.4 is 10.5 Å². The molecule has 0 saturated heterocycles. The Balaban J connectivity index is 1.40. The van der Waals surface area contributed by atoms with E-state index in [9.17, 15) is 13.2 Å². The summed E-state index contributed by atoms with van der Waals surface area (Å²) >= 11 is 6.08. The number of halogens is 1. The lowest BCUT2D eigenvalue weighted by atomic mass is 9.49. The third-order valence-corrected chi connectivity index (χ3v) is 7.86. The van der Waals surface area contributed by atoms with Gasteiger partial charge < -0.3 is 5.32 Å². The average molecular weight is 397 g/mol. The van der Waals surface area contributed by atoms with Crippen molar-refractivity contribution in [3.63, 3.8) is 0 Å². The van der Waals surface area contributed by atoms with Crippen LogP contribution in [-0.2, 0) is 10.0 Å². The van der Waals surface area contributed by atoms with Gasteiger partial charge in [-0.3, -0.25) is 4.79 Å². The smallest absolute Gasteiger partial charge is 0.252 e. The number of carbonyl (C=O) groups excluding carboxylic acids is 1. The maximum atomic E-state index is 12.5. The minimum absolute atomic E-state index is 0.104. The first-order valence-electron chi connectivity index (χ1n) is 9.35. The number of nitrogens with one attached hydrogen (secondary N) is 1. The van der Waals surface area contributed by atoms with Crippen LogP contribution >= 0.6 is 11.6 Å². The molecule has 1 aromatic carbocycles. The summed E-state index contributed by atoms with van der Waals surface area (Å²) in [5, 5.41) is 8.30. The van der Waals surface area contributed by atoms with Crippen LogP contribution in [0.1, 0.15) is 55.3 Å². The van der Waals surface area contributed by atoms with Crippen molar-refractivity contribution >= 4 is 27.5 Å². The molecule has 5 rings (SSSR count). The van der Waals surface area contributed by atoms with Crippen molar-refractivity contribution in [3.8, 4) is 0 Å². The van der Waals surface area contributed by atoms with Crippen LogP contribution in [-0.4, -0.2) is 20.9 Å². The molecule has 4 fully saturated rings. The summed E-state index contributed by atoms with van der Waals surface area (Å²) in [6.45, 7) is 0.598. The standard InChI is InChI=1S/C19H25ClN2O3S/c20-17-2-1-15(26(21,24)25)8-16(17)18(23)22-4-3-19-9-12-5-13(10-19)7-14(6-12)11-19/h1-2,8,12-14H,3-7,9-11H2,(H,22,23)(H2,21,24,25). The largest absolute Gasteiger partial charge is 0.352 e. The van der Waals surface area contributed by atoms with Crippen molar-refractivity contribution in [1.82, 2.24) is 5.32 Å². The molecule has 0 aromatic heterocycles. The second kappa shape index (κ2) is 6.50. The van der Waals surface area contributed by atoms with Crippen molar-refractivity contribution < 1.29 is 13.2 Å². The normalized spacial score (nSPS) is 32.6. The van der Waals surface area contributed by atoms with Gasteiger partial charge >= 0.3 is 0 Å². The zero-order valence-electron chi connectivity index (χ0n) is 14.7. The lowest BCUT2D eigenvalue weighted by molar-refractivity contribution is -0.0564. The van der Waals surface area contributed by atoms with Gasteiger partial charge in [-0.05, 0) is 86.3 Å². The molecule has 0 radical (unpaired) electrons. The van der Waals surface area contributed by atoms with E-state index in [4.69, 9.17) is 16.7 Å². The Labute approximate surface area is 159 Å². The summed E-state index contributed by atoms with van der Waals surface area (Å²) in [7, 11) is -3.87. The molecule has 0 atom stereocenters. The highest BCUT2D eigenvalue weighted by Gasteiger charge is 2.50. The number of rotatable bonds is 5. The highest BCUT2D eigenvalue weighted by Crippen LogP contribution is 2.61. The van der Waals surface area contributed by atoms with Crippen LogP contribution in [0.4, 0.5) is 0 Å². The fraction of sp³-hybridized carbons (Fsp3) is 0.632. The molecule has 4 bridgehead atoms. The molecule has 0 aliphatic heterocycles. The van der Waals surface area contributed by atoms with Crippen LogP contribution in [0, 0.1) is 23.2 Å². The quantitative estimate of drug-likeness (QED) is 0.799. The minimum Gasteiger partial charge on any atom is -0.352 e. The first kappa shape index (κ1) is 18.3. The van der Waals surface area contributed by atoms with Crippen LogP contribution in [0.25, 0.3) is 0 Å². The van der Waals surface area contributed by atoms with Gasteiger partial charge in [-0.25, -0.2) is 13.6 Å². The third-order valence-electron chi connectivity index (χ3n) is 6.62. The van der Waals surface area contributed by atoms with Gasteiger partial charge in [-0.2, -0.15) is 0 Å². The van der Waals surface area contributed by atoms with Gasteiger partial charge in [0, 0.05) is 6.54 Å². The van der Waals surface area contributed by atoms with E-state index in [1.807, 2.05) is 0 Å². The van der Waals surface area contributed by atoms with Gasteiger partial charge in [0.1, 0.15) is 0 Å². The van der Waals surface area contributed by atoms with Crippen molar-refractivity contribution in [2.45, 2.75) is 49.8 Å². The molecule has 4 saturated carbocycles. The fourth-order valence-corrected chi connectivity index (χ4v) is 6.73. The summed E-state index contributed by atoms with van der Waals surface area (Å²) in [4.78, 5) is 12.4. The molecule has 4 aliphatic carbocycles. The van der Waals surface area contributed by atoms with Gasteiger partial charge in [-0.15, -0.1) is 0 Å². The molecule has 0 heterocycles. The maximum Gasteiger partial charge on any atom is 0.252 e. The van der Waals surface area contributed by atoms with E-state index in [-0.39, 0.29) is 21.4 Å². The van der Waals surface area contributed by atoms with E-state index in [1.54, 1.807) is 0 Å². The molecular formula is C19H25ClN2O3S. The highest BCUT2D eigenvalue weighted by atomic mass is 35.5. The molecule has 7 heteroatoms. The number of carbonyl (C=O) groups is 1. The van der Waals surface area contributed by atoms with E-state index in [1.165, 1.54) is 56.7 Å². The fourth-order valence-electron chi connectivity index (χ4n) is 5.99. The Morgan fingerprint density at radius 2 is 1.73 bits per heavy atom. The Hall–Kier alpha value is -1.11. The number of primary sulfonamides is 1. The summed E-state index contributed by atoms with van der Waals surface area (Å²) < 4.78 is 23.0. The predicted octanol–water partition coefficient (Wildman–Crippen LogP) is 3.32. The van der Waals surface area contributed by atoms with Crippen LogP contribution in [0.2, 0.25) is 5.02 Å². The lowest BCUT2D eigenvalue weighted by Crippen LogP contribution is -2.47. The maximum absolute atomic E-state index is 12.5. The summed E-state index contributed by atoms with van der Waals surface area (Å²) in [5.41, 5.74) is 0.553. The third kappa shape index (κ3) is 3.51. The SMILES string of the molecule is NS(=O)(=O)c1ccc(Cl)c(C(=O)NCCC23CC4CC(CC(C4)C2)C3)c1. The van der Waals surface area contributed by atoms with Crippen LogP contribution in [0.5, 0.6) is 0 Å². The number of nitrogens with two attached hydrogens (primary N) is 1. The van der Waals surface area contributed by atoms with E-state index < -0.39 is 10.0 Å². The molecule has 5 nitrogen and oxygen atoms in total. The van der Waals surface area contributed by atoms with Crippen molar-refractivity contribution in [2.75, 3.05) is 6.54 Å². The second-order valence-corrected chi connectivity index (χ2v) is 10.6. The predicted molar refractivity (Wildman–Crippen MR) is 100 cm³/mol. The first-order chi connectivity index (χ1) is 12.2. The van der Waals surface area contributed by atoms with Crippen LogP contribution in [0.15, 0.2) is 23.1 Å². The summed E-state index contributed by atoms with van der Waals surface area (Å²) in [6, 6.07) is 3.96. The van der Waals surface area contributed by atoms with Gasteiger partial charge in [0.05, 0.1) is 15.5 Å². The van der Waals surface area contributed by atoms with Gasteiger partial charge in [0.25, 0.3) is 5.91 Å². The van der Waals surface area contributed by atoms with E-state index in [0.29, 0.717) is 12.0 Å². The Morgan fingerprint density at radius 1 is 1.15 bits per heavy atom. The number of hydrogen-bond acceptors (Lipinski definition) is 3. The molecule has 142 valence electrons. The van der Waals surface area contributed by atoms with E-state index in [0.717, 1.165) is 24.2 Å². The average Bonchev–Trinajstić information content (AvgIpc) is 2.52. The number of sulfonamides is 1. The Bertz CT molecular complexity index is 802. The van der Waals surface area contributed by atoms with E-state index >= 15 is 0 Å². The first-order valence-corrected chi connectivity index (χ1v) is 11.3. The molecule has 4 aliphatic rings.